The van der Waals surface area contributed by atoms with E-state index in [1.165, 1.54) is 29.9 Å². The zero-order valence-electron chi connectivity index (χ0n) is 15.4. The fraction of sp³-hybridized carbons (Fsp3) is 0.500. The lowest BCUT2D eigenvalue weighted by atomic mass is 9.96. The molecule has 0 radical (unpaired) electrons. The first-order chi connectivity index (χ1) is 12.1. The van der Waals surface area contributed by atoms with Crippen LogP contribution >= 0.6 is 0 Å². The summed E-state index contributed by atoms with van der Waals surface area (Å²) in [4.78, 5) is 7.58. The Kier molecular flexibility index (Phi) is 4.34. The molecule has 5 heteroatoms. The number of hydrogen-bond donors (Lipinski definition) is 0. The first-order valence-corrected chi connectivity index (χ1v) is 9.29. The molecule has 132 valence electrons. The Morgan fingerprint density at radius 2 is 2.04 bits per heavy atom. The summed E-state index contributed by atoms with van der Waals surface area (Å²) in [5.74, 6) is 1.75. The van der Waals surface area contributed by atoms with E-state index in [0.717, 1.165) is 25.2 Å². The van der Waals surface area contributed by atoms with Crippen molar-refractivity contribution < 1.29 is 0 Å². The molecule has 25 heavy (non-hydrogen) atoms. The van der Waals surface area contributed by atoms with Crippen LogP contribution in [0, 0.1) is 0 Å². The number of rotatable bonds is 4. The molecule has 1 fully saturated rings. The summed E-state index contributed by atoms with van der Waals surface area (Å²) >= 11 is 0. The minimum Gasteiger partial charge on any atom is -0.325 e. The van der Waals surface area contributed by atoms with Gasteiger partial charge in [0.25, 0.3) is 0 Å². The van der Waals surface area contributed by atoms with Crippen molar-refractivity contribution in [3.63, 3.8) is 0 Å². The second kappa shape index (κ2) is 6.64. The van der Waals surface area contributed by atoms with Crippen LogP contribution in [0.2, 0.25) is 0 Å². The predicted octanol–water partition coefficient (Wildman–Crippen LogP) is 3.73. The van der Waals surface area contributed by atoms with Gasteiger partial charge in [0.1, 0.15) is 5.82 Å². The highest BCUT2D eigenvalue weighted by Crippen LogP contribution is 2.32. The van der Waals surface area contributed by atoms with E-state index < -0.39 is 0 Å². The maximum absolute atomic E-state index is 5.03. The van der Waals surface area contributed by atoms with Crippen molar-refractivity contribution in [3.8, 4) is 0 Å². The maximum Gasteiger partial charge on any atom is 0.114 e. The fourth-order valence-corrected chi connectivity index (χ4v) is 4.09. The number of benzene rings is 1. The van der Waals surface area contributed by atoms with Crippen LogP contribution in [0.3, 0.4) is 0 Å². The van der Waals surface area contributed by atoms with Gasteiger partial charge in [0.2, 0.25) is 0 Å². The van der Waals surface area contributed by atoms with Crippen molar-refractivity contribution in [2.75, 3.05) is 13.1 Å². The molecule has 1 aliphatic rings. The first-order valence-electron chi connectivity index (χ1n) is 9.29. The summed E-state index contributed by atoms with van der Waals surface area (Å²) in [7, 11) is 2.02. The van der Waals surface area contributed by atoms with Gasteiger partial charge in [-0.25, -0.2) is 4.98 Å². The second-order valence-electron chi connectivity index (χ2n) is 7.44. The van der Waals surface area contributed by atoms with Gasteiger partial charge < -0.3 is 4.57 Å². The number of hydrogen-bond acceptors (Lipinski definition) is 3. The molecule has 1 aliphatic heterocycles. The molecule has 1 saturated heterocycles. The Balaban J connectivity index is 1.62. The summed E-state index contributed by atoms with van der Waals surface area (Å²) in [6.07, 6.45) is 4.33. The van der Waals surface area contributed by atoms with E-state index in [9.17, 15) is 0 Å². The highest BCUT2D eigenvalue weighted by molar-refractivity contribution is 5.76. The summed E-state index contributed by atoms with van der Waals surface area (Å²) in [5, 5.41) is 4.30. The Morgan fingerprint density at radius 3 is 2.80 bits per heavy atom. The van der Waals surface area contributed by atoms with Crippen LogP contribution in [0.4, 0.5) is 0 Å². The average Bonchev–Trinajstić information content (AvgIpc) is 3.19. The van der Waals surface area contributed by atoms with Crippen LogP contribution in [0.15, 0.2) is 36.5 Å². The molecule has 0 saturated carbocycles. The molecule has 3 aromatic rings. The van der Waals surface area contributed by atoms with Gasteiger partial charge in [0, 0.05) is 38.3 Å². The van der Waals surface area contributed by atoms with Crippen LogP contribution in [-0.2, 0) is 13.6 Å². The Hall–Kier alpha value is -2.14. The van der Waals surface area contributed by atoms with Crippen molar-refractivity contribution in [2.45, 2.75) is 45.2 Å². The van der Waals surface area contributed by atoms with Crippen LogP contribution < -0.4 is 0 Å². The van der Waals surface area contributed by atoms with Crippen molar-refractivity contribution in [3.05, 3.63) is 48.0 Å². The quantitative estimate of drug-likeness (QED) is 0.728. The lowest BCUT2D eigenvalue weighted by molar-refractivity contribution is 0.190. The standard InChI is InChI=1S/C20H27N5/c1-15(2)25-19-9-5-4-8-18(19)22-20(25)16-7-6-12-24(13-16)14-17-10-11-21-23(17)3/h4-5,8-11,15-16H,6-7,12-14H2,1-3H3/t16-/m0/s1. The average molecular weight is 337 g/mol. The van der Waals surface area contributed by atoms with Crippen LogP contribution in [-0.4, -0.2) is 37.3 Å². The van der Waals surface area contributed by atoms with Gasteiger partial charge in [-0.3, -0.25) is 9.58 Å². The number of aryl methyl sites for hydroxylation is 1. The van der Waals surface area contributed by atoms with Gasteiger partial charge in [-0.2, -0.15) is 5.10 Å². The van der Waals surface area contributed by atoms with Crippen molar-refractivity contribution in [1.29, 1.82) is 0 Å². The number of nitrogens with zero attached hydrogens (tertiary/aromatic N) is 5. The van der Waals surface area contributed by atoms with E-state index in [1.54, 1.807) is 0 Å². The third-order valence-corrected chi connectivity index (χ3v) is 5.32. The summed E-state index contributed by atoms with van der Waals surface area (Å²) in [5.41, 5.74) is 3.66. The largest absolute Gasteiger partial charge is 0.325 e. The monoisotopic (exact) mass is 337 g/mol. The van der Waals surface area contributed by atoms with Gasteiger partial charge >= 0.3 is 0 Å². The molecule has 0 bridgehead atoms. The van der Waals surface area contributed by atoms with Crippen LogP contribution in [0.5, 0.6) is 0 Å². The number of fused-ring (bicyclic) bond motifs is 1. The predicted molar refractivity (Wildman–Crippen MR) is 101 cm³/mol. The summed E-state index contributed by atoms with van der Waals surface area (Å²) < 4.78 is 4.42. The van der Waals surface area contributed by atoms with E-state index in [-0.39, 0.29) is 0 Å². The molecule has 1 aromatic carbocycles. The molecule has 0 spiro atoms. The molecule has 1 atom stereocenters. The number of imidazole rings is 1. The normalized spacial score (nSPS) is 19.1. The molecule has 3 heterocycles. The first kappa shape index (κ1) is 16.3. The molecule has 0 N–H and O–H groups in total. The SMILES string of the molecule is CC(C)n1c([C@H]2CCCN(Cc3ccnn3C)C2)nc2ccccc21. The smallest absolute Gasteiger partial charge is 0.114 e. The van der Waals surface area contributed by atoms with E-state index >= 15 is 0 Å². The highest BCUT2D eigenvalue weighted by Gasteiger charge is 2.27. The fourth-order valence-electron chi connectivity index (χ4n) is 4.09. The number of para-hydroxylation sites is 2. The van der Waals surface area contributed by atoms with Gasteiger partial charge in [-0.05, 0) is 51.4 Å². The molecule has 2 aromatic heterocycles. The number of piperidine rings is 1. The topological polar surface area (TPSA) is 38.9 Å². The zero-order valence-corrected chi connectivity index (χ0v) is 15.4. The molecular formula is C20H27N5. The molecule has 0 amide bonds. The Labute approximate surface area is 149 Å². The summed E-state index contributed by atoms with van der Waals surface area (Å²) in [6, 6.07) is 11.1. The van der Waals surface area contributed by atoms with E-state index in [1.807, 2.05) is 17.9 Å². The van der Waals surface area contributed by atoms with Gasteiger partial charge in [0.05, 0.1) is 16.7 Å². The van der Waals surface area contributed by atoms with E-state index in [0.29, 0.717) is 12.0 Å². The lowest BCUT2D eigenvalue weighted by Gasteiger charge is -2.33. The van der Waals surface area contributed by atoms with E-state index in [4.69, 9.17) is 4.98 Å². The third-order valence-electron chi connectivity index (χ3n) is 5.32. The maximum atomic E-state index is 5.03. The Bertz CT molecular complexity index is 860. The molecule has 4 rings (SSSR count). The summed E-state index contributed by atoms with van der Waals surface area (Å²) in [6.45, 7) is 7.71. The van der Waals surface area contributed by atoms with Crippen LogP contribution in [0.1, 0.15) is 50.2 Å². The Morgan fingerprint density at radius 1 is 1.20 bits per heavy atom. The minimum atomic E-state index is 0.426. The minimum absolute atomic E-state index is 0.426. The van der Waals surface area contributed by atoms with Crippen molar-refractivity contribution >= 4 is 11.0 Å². The number of likely N-dealkylation sites (tertiary alicyclic amines) is 1. The lowest BCUT2D eigenvalue weighted by Crippen LogP contribution is -2.35. The molecule has 0 aliphatic carbocycles. The highest BCUT2D eigenvalue weighted by atomic mass is 15.3. The van der Waals surface area contributed by atoms with E-state index in [2.05, 4.69) is 58.7 Å². The third kappa shape index (κ3) is 3.09. The van der Waals surface area contributed by atoms with Gasteiger partial charge in [-0.15, -0.1) is 0 Å². The molecular weight excluding hydrogens is 310 g/mol. The van der Waals surface area contributed by atoms with Gasteiger partial charge in [0.15, 0.2) is 0 Å². The van der Waals surface area contributed by atoms with Crippen LogP contribution in [0.25, 0.3) is 11.0 Å². The van der Waals surface area contributed by atoms with Gasteiger partial charge in [-0.1, -0.05) is 12.1 Å². The molecule has 0 unspecified atom stereocenters. The van der Waals surface area contributed by atoms with Crippen molar-refractivity contribution in [1.82, 2.24) is 24.2 Å². The number of aromatic nitrogens is 4. The second-order valence-corrected chi connectivity index (χ2v) is 7.44. The zero-order chi connectivity index (χ0) is 17.4. The molecule has 5 nitrogen and oxygen atoms in total. The van der Waals surface area contributed by atoms with Crippen molar-refractivity contribution in [2.24, 2.45) is 7.05 Å².